The Kier molecular flexibility index (Phi) is 15.1. The molecule has 3 aromatic carbocycles. The van der Waals surface area contributed by atoms with Crippen LogP contribution in [0.5, 0.6) is 0 Å². The molecule has 0 radical (unpaired) electrons. The van der Waals surface area contributed by atoms with Gasteiger partial charge in [-0.15, -0.1) is 0 Å². The summed E-state index contributed by atoms with van der Waals surface area (Å²) in [5.41, 5.74) is -0.299. The standard InChI is InChI=1S/C43H57N3O7/c1-10-29(2)36(48)28-44-39(50)31(26-35(47)38(30(3)52-41(4,5)6)45-40(51)53-42(7,8)9)27-37(49)46-43(32-20-14-11-15-21-32,33-22-16-12-17-23-33)34-24-18-13-19-25-34/h11-25,29-31,38H,10,26-28H2,1-9H3,(H,44,50)(H,45,51)(H,46,49)/t29-,30?,31-,38-/m0/s1. The maximum Gasteiger partial charge on any atom is 0.408 e. The van der Waals surface area contributed by atoms with Gasteiger partial charge in [-0.25, -0.2) is 4.79 Å². The molecule has 0 fully saturated rings. The molecule has 0 heterocycles. The van der Waals surface area contributed by atoms with Gasteiger partial charge in [0.1, 0.15) is 17.2 Å². The van der Waals surface area contributed by atoms with Gasteiger partial charge in [0.25, 0.3) is 0 Å². The first-order valence-electron chi connectivity index (χ1n) is 18.3. The lowest BCUT2D eigenvalue weighted by Crippen LogP contribution is -2.53. The first-order chi connectivity index (χ1) is 24.9. The summed E-state index contributed by atoms with van der Waals surface area (Å²) in [4.78, 5) is 68.2. The number of hydrogen-bond acceptors (Lipinski definition) is 7. The van der Waals surface area contributed by atoms with Gasteiger partial charge in [0, 0.05) is 18.8 Å². The van der Waals surface area contributed by atoms with Gasteiger partial charge in [0.15, 0.2) is 11.6 Å². The maximum atomic E-state index is 14.4. The van der Waals surface area contributed by atoms with Gasteiger partial charge in [0.05, 0.1) is 24.2 Å². The number of ketones is 2. The maximum absolute atomic E-state index is 14.4. The van der Waals surface area contributed by atoms with E-state index in [4.69, 9.17) is 9.47 Å². The first kappa shape index (κ1) is 42.6. The highest BCUT2D eigenvalue weighted by molar-refractivity contribution is 5.95. The normalized spacial score (nSPS) is 14.2. The van der Waals surface area contributed by atoms with Crippen molar-refractivity contribution in [3.8, 4) is 0 Å². The Balaban J connectivity index is 2.05. The highest BCUT2D eigenvalue weighted by atomic mass is 16.6. The summed E-state index contributed by atoms with van der Waals surface area (Å²) in [6.45, 7) is 15.7. The summed E-state index contributed by atoms with van der Waals surface area (Å²) < 4.78 is 11.5. The molecule has 0 aliphatic heterocycles. The minimum absolute atomic E-state index is 0.164. The highest BCUT2D eigenvalue weighted by Crippen LogP contribution is 2.37. The third kappa shape index (κ3) is 12.7. The Bertz CT molecular complexity index is 1570. The number of alkyl carbamates (subject to hydrolysis) is 1. The van der Waals surface area contributed by atoms with E-state index < -0.39 is 71.3 Å². The molecule has 0 bridgehead atoms. The van der Waals surface area contributed by atoms with Gasteiger partial charge < -0.3 is 25.4 Å². The number of amides is 3. The third-order valence-electron chi connectivity index (χ3n) is 8.82. The number of carbonyl (C=O) groups is 5. The fourth-order valence-corrected chi connectivity index (χ4v) is 6.13. The molecule has 0 spiro atoms. The Morgan fingerprint density at radius 3 is 1.55 bits per heavy atom. The summed E-state index contributed by atoms with van der Waals surface area (Å²) in [6, 6.07) is 27.4. The second kappa shape index (κ2) is 18.8. The molecular weight excluding hydrogens is 670 g/mol. The van der Waals surface area contributed by atoms with Crippen LogP contribution in [0, 0.1) is 11.8 Å². The van der Waals surface area contributed by atoms with Gasteiger partial charge in [-0.2, -0.15) is 0 Å². The molecule has 3 rings (SSSR count). The molecule has 10 heteroatoms. The number of ether oxygens (including phenoxy) is 2. The Hall–Kier alpha value is -4.83. The summed E-state index contributed by atoms with van der Waals surface area (Å²) in [5, 5.41) is 8.59. The highest BCUT2D eigenvalue weighted by Gasteiger charge is 2.40. The zero-order valence-electron chi connectivity index (χ0n) is 32.7. The van der Waals surface area contributed by atoms with Crippen molar-refractivity contribution >= 4 is 29.5 Å². The van der Waals surface area contributed by atoms with Crippen molar-refractivity contribution in [2.75, 3.05) is 6.54 Å². The van der Waals surface area contributed by atoms with E-state index in [0.29, 0.717) is 6.42 Å². The Labute approximate surface area is 314 Å². The van der Waals surface area contributed by atoms with Crippen LogP contribution in [0.3, 0.4) is 0 Å². The summed E-state index contributed by atoms with van der Waals surface area (Å²) >= 11 is 0. The lowest BCUT2D eigenvalue weighted by Gasteiger charge is -2.37. The molecule has 10 nitrogen and oxygen atoms in total. The van der Waals surface area contributed by atoms with Crippen LogP contribution >= 0.6 is 0 Å². The average Bonchev–Trinajstić information content (AvgIpc) is 3.10. The predicted octanol–water partition coefficient (Wildman–Crippen LogP) is 6.89. The van der Waals surface area contributed by atoms with Gasteiger partial charge in [-0.05, 0) is 71.6 Å². The monoisotopic (exact) mass is 727 g/mol. The Morgan fingerprint density at radius 1 is 0.660 bits per heavy atom. The molecule has 286 valence electrons. The number of carbonyl (C=O) groups excluding carboxylic acids is 5. The molecule has 0 aliphatic carbocycles. The lowest BCUT2D eigenvalue weighted by molar-refractivity contribution is -0.137. The third-order valence-corrected chi connectivity index (χ3v) is 8.82. The lowest BCUT2D eigenvalue weighted by atomic mass is 9.76. The van der Waals surface area contributed by atoms with Crippen molar-refractivity contribution in [3.63, 3.8) is 0 Å². The molecule has 0 saturated carbocycles. The van der Waals surface area contributed by atoms with Gasteiger partial charge in [-0.1, -0.05) is 105 Å². The average molecular weight is 728 g/mol. The van der Waals surface area contributed by atoms with E-state index in [1.54, 1.807) is 34.6 Å². The number of Topliss-reactive ketones (excluding diaryl/α,β-unsaturated/α-hetero) is 2. The van der Waals surface area contributed by atoms with Crippen molar-refractivity contribution in [1.82, 2.24) is 16.0 Å². The number of hydrogen-bond donors (Lipinski definition) is 3. The van der Waals surface area contributed by atoms with Gasteiger partial charge in [0.2, 0.25) is 11.8 Å². The van der Waals surface area contributed by atoms with Crippen molar-refractivity contribution in [3.05, 3.63) is 108 Å². The van der Waals surface area contributed by atoms with Crippen molar-refractivity contribution in [2.45, 2.75) is 110 Å². The largest absolute Gasteiger partial charge is 0.444 e. The molecule has 4 atom stereocenters. The molecule has 3 N–H and O–H groups in total. The first-order valence-corrected chi connectivity index (χ1v) is 18.3. The van der Waals surface area contributed by atoms with E-state index in [1.165, 1.54) is 0 Å². The minimum atomic E-state index is -1.21. The predicted molar refractivity (Wildman–Crippen MR) is 206 cm³/mol. The van der Waals surface area contributed by atoms with Gasteiger partial charge in [-0.3, -0.25) is 19.2 Å². The van der Waals surface area contributed by atoms with Crippen LogP contribution in [0.2, 0.25) is 0 Å². The van der Waals surface area contributed by atoms with E-state index in [2.05, 4.69) is 16.0 Å². The molecule has 1 unspecified atom stereocenters. The second-order valence-corrected chi connectivity index (χ2v) is 15.5. The van der Waals surface area contributed by atoms with E-state index in [1.807, 2.05) is 119 Å². The van der Waals surface area contributed by atoms with E-state index in [-0.39, 0.29) is 18.2 Å². The SMILES string of the molecule is CC[C@H](C)C(=O)CNC(=O)[C@H](CC(=O)NC(c1ccccc1)(c1ccccc1)c1ccccc1)CC(=O)[C@@H](NC(=O)OC(C)(C)C)C(C)OC(C)(C)C. The topological polar surface area (TPSA) is 140 Å². The fourth-order valence-electron chi connectivity index (χ4n) is 6.13. The van der Waals surface area contributed by atoms with E-state index in [9.17, 15) is 24.0 Å². The molecule has 3 amide bonds. The minimum Gasteiger partial charge on any atom is -0.444 e. The fraction of sp³-hybridized carbons (Fsp3) is 0.465. The van der Waals surface area contributed by atoms with Crippen LogP contribution in [0.4, 0.5) is 4.79 Å². The number of rotatable bonds is 17. The van der Waals surface area contributed by atoms with Crippen LogP contribution in [0.25, 0.3) is 0 Å². The molecule has 0 saturated heterocycles. The van der Waals surface area contributed by atoms with Crippen LogP contribution in [0.15, 0.2) is 91.0 Å². The van der Waals surface area contributed by atoms with Crippen molar-refractivity contribution in [1.29, 1.82) is 0 Å². The number of benzene rings is 3. The van der Waals surface area contributed by atoms with Crippen LogP contribution in [-0.4, -0.2) is 59.4 Å². The van der Waals surface area contributed by atoms with Crippen molar-refractivity contribution in [2.24, 2.45) is 11.8 Å². The van der Waals surface area contributed by atoms with Crippen LogP contribution in [0.1, 0.15) is 98.3 Å². The van der Waals surface area contributed by atoms with E-state index >= 15 is 0 Å². The molecule has 0 aliphatic rings. The Morgan fingerprint density at radius 2 is 1.13 bits per heavy atom. The summed E-state index contributed by atoms with van der Waals surface area (Å²) in [5.74, 6) is -3.30. The molecular formula is C43H57N3O7. The molecule has 3 aromatic rings. The number of nitrogens with one attached hydrogen (secondary N) is 3. The van der Waals surface area contributed by atoms with Crippen LogP contribution < -0.4 is 16.0 Å². The quantitative estimate of drug-likeness (QED) is 0.129. The van der Waals surface area contributed by atoms with Gasteiger partial charge >= 0.3 is 6.09 Å². The smallest absolute Gasteiger partial charge is 0.408 e. The molecule has 53 heavy (non-hydrogen) atoms. The summed E-state index contributed by atoms with van der Waals surface area (Å²) in [7, 11) is 0. The van der Waals surface area contributed by atoms with Crippen molar-refractivity contribution < 1.29 is 33.4 Å². The van der Waals surface area contributed by atoms with Crippen LogP contribution in [-0.2, 0) is 34.2 Å². The zero-order valence-corrected chi connectivity index (χ0v) is 32.7. The van der Waals surface area contributed by atoms with E-state index in [0.717, 1.165) is 16.7 Å². The summed E-state index contributed by atoms with van der Waals surface area (Å²) in [6.07, 6.45) is -1.86. The molecule has 0 aromatic heterocycles. The second-order valence-electron chi connectivity index (χ2n) is 15.5. The zero-order chi connectivity index (χ0) is 39.4.